The topological polar surface area (TPSA) is 46.9 Å². The number of hydrogen-bond donors (Lipinski definition) is 1. The van der Waals surface area contributed by atoms with Gasteiger partial charge in [0, 0.05) is 25.0 Å². The van der Waals surface area contributed by atoms with Gasteiger partial charge in [-0.2, -0.15) is 0 Å². The number of nitrogens with one attached hydrogen (secondary N) is 1. The predicted molar refractivity (Wildman–Crippen MR) is 89.7 cm³/mol. The van der Waals surface area contributed by atoms with Gasteiger partial charge in [0.15, 0.2) is 0 Å². The van der Waals surface area contributed by atoms with E-state index in [4.69, 9.17) is 0 Å². The molecular weight excluding hydrogens is 305 g/mol. The number of aromatic nitrogens is 2. The van der Waals surface area contributed by atoms with Gasteiger partial charge in [-0.25, -0.2) is 9.37 Å². The first-order valence-electron chi connectivity index (χ1n) is 7.70. The van der Waals surface area contributed by atoms with Crippen LogP contribution in [0.25, 0.3) is 0 Å². The molecule has 1 atom stereocenters. The van der Waals surface area contributed by atoms with Crippen molar-refractivity contribution in [1.82, 2.24) is 14.9 Å². The molecule has 0 bridgehead atoms. The van der Waals surface area contributed by atoms with Gasteiger partial charge in [-0.3, -0.25) is 4.79 Å². The van der Waals surface area contributed by atoms with Gasteiger partial charge in [0.1, 0.15) is 17.7 Å². The fraction of sp³-hybridized carbons (Fsp3) is 0.158. The molecule has 0 saturated heterocycles. The Bertz CT molecular complexity index is 829. The lowest BCUT2D eigenvalue weighted by Crippen LogP contribution is -2.32. The molecule has 1 amide bonds. The summed E-state index contributed by atoms with van der Waals surface area (Å²) in [5, 5.41) is 2.90. The van der Waals surface area contributed by atoms with Crippen LogP contribution in [-0.2, 0) is 18.3 Å². The summed E-state index contributed by atoms with van der Waals surface area (Å²) in [4.78, 5) is 16.7. The largest absolute Gasteiger partial charge is 0.342 e. The van der Waals surface area contributed by atoms with E-state index in [0.717, 1.165) is 5.56 Å². The molecule has 0 aliphatic carbocycles. The van der Waals surface area contributed by atoms with Gasteiger partial charge >= 0.3 is 0 Å². The summed E-state index contributed by atoms with van der Waals surface area (Å²) in [6, 6.07) is 15.2. The SMILES string of the molecule is Cn1ccnc1C(NC(=O)Cc1ccccc1)c1ccccc1F. The van der Waals surface area contributed by atoms with Crippen LogP contribution in [0, 0.1) is 5.82 Å². The first kappa shape index (κ1) is 15.9. The monoisotopic (exact) mass is 323 g/mol. The van der Waals surface area contributed by atoms with E-state index in [0.29, 0.717) is 11.4 Å². The molecule has 0 spiro atoms. The number of aryl methyl sites for hydroxylation is 1. The van der Waals surface area contributed by atoms with Crippen molar-refractivity contribution in [2.75, 3.05) is 0 Å². The summed E-state index contributed by atoms with van der Waals surface area (Å²) in [5.41, 5.74) is 1.30. The van der Waals surface area contributed by atoms with Gasteiger partial charge in [-0.15, -0.1) is 0 Å². The molecule has 0 aliphatic heterocycles. The summed E-state index contributed by atoms with van der Waals surface area (Å²) in [7, 11) is 1.82. The van der Waals surface area contributed by atoms with Gasteiger partial charge in [-0.05, 0) is 11.6 Å². The second-order valence-electron chi connectivity index (χ2n) is 5.58. The number of imidazole rings is 1. The highest BCUT2D eigenvalue weighted by molar-refractivity contribution is 5.79. The summed E-state index contributed by atoms with van der Waals surface area (Å²) in [6.45, 7) is 0. The Labute approximate surface area is 140 Å². The molecule has 0 saturated carbocycles. The van der Waals surface area contributed by atoms with E-state index < -0.39 is 6.04 Å². The van der Waals surface area contributed by atoms with Crippen molar-refractivity contribution in [3.8, 4) is 0 Å². The molecule has 24 heavy (non-hydrogen) atoms. The van der Waals surface area contributed by atoms with E-state index in [9.17, 15) is 9.18 Å². The van der Waals surface area contributed by atoms with Crippen molar-refractivity contribution in [1.29, 1.82) is 0 Å². The third-order valence-electron chi connectivity index (χ3n) is 3.85. The van der Waals surface area contributed by atoms with Crippen LogP contribution in [0.3, 0.4) is 0 Å². The average molecular weight is 323 g/mol. The predicted octanol–water partition coefficient (Wildman–Crippen LogP) is 3.01. The molecule has 0 aliphatic rings. The minimum absolute atomic E-state index is 0.183. The highest BCUT2D eigenvalue weighted by Crippen LogP contribution is 2.23. The molecule has 2 aromatic carbocycles. The molecule has 3 rings (SSSR count). The molecule has 1 N–H and O–H groups in total. The number of rotatable bonds is 5. The molecule has 1 aromatic heterocycles. The van der Waals surface area contributed by atoms with Crippen molar-refractivity contribution < 1.29 is 9.18 Å². The number of benzene rings is 2. The third kappa shape index (κ3) is 3.51. The number of hydrogen-bond acceptors (Lipinski definition) is 2. The molecule has 4 nitrogen and oxygen atoms in total. The zero-order valence-corrected chi connectivity index (χ0v) is 13.3. The van der Waals surface area contributed by atoms with E-state index in [1.54, 1.807) is 35.2 Å². The van der Waals surface area contributed by atoms with Crippen LogP contribution in [-0.4, -0.2) is 15.5 Å². The highest BCUT2D eigenvalue weighted by atomic mass is 19.1. The van der Waals surface area contributed by atoms with Crippen molar-refractivity contribution in [3.63, 3.8) is 0 Å². The van der Waals surface area contributed by atoms with Crippen LogP contribution in [0.15, 0.2) is 67.0 Å². The normalized spacial score (nSPS) is 11.9. The van der Waals surface area contributed by atoms with Crippen LogP contribution in [0.5, 0.6) is 0 Å². The second kappa shape index (κ2) is 7.08. The maximum absolute atomic E-state index is 14.3. The van der Waals surface area contributed by atoms with Crippen LogP contribution in [0.2, 0.25) is 0 Å². The zero-order chi connectivity index (χ0) is 16.9. The maximum atomic E-state index is 14.3. The fourth-order valence-corrected chi connectivity index (χ4v) is 2.64. The van der Waals surface area contributed by atoms with Crippen molar-refractivity contribution in [3.05, 3.63) is 89.8 Å². The van der Waals surface area contributed by atoms with Gasteiger partial charge in [-0.1, -0.05) is 48.5 Å². The number of amides is 1. The second-order valence-corrected chi connectivity index (χ2v) is 5.58. The number of carbonyl (C=O) groups is 1. The molecule has 5 heteroatoms. The lowest BCUT2D eigenvalue weighted by Gasteiger charge is -2.19. The maximum Gasteiger partial charge on any atom is 0.225 e. The first-order valence-corrected chi connectivity index (χ1v) is 7.70. The van der Waals surface area contributed by atoms with Gasteiger partial charge in [0.05, 0.1) is 6.42 Å². The summed E-state index contributed by atoms with van der Waals surface area (Å²) in [6.07, 6.45) is 3.63. The quantitative estimate of drug-likeness (QED) is 0.784. The summed E-state index contributed by atoms with van der Waals surface area (Å²) in [5.74, 6) is 0.0319. The summed E-state index contributed by atoms with van der Waals surface area (Å²) >= 11 is 0. The number of nitrogens with zero attached hydrogens (tertiary/aromatic N) is 2. The lowest BCUT2D eigenvalue weighted by atomic mass is 10.0. The molecule has 122 valence electrons. The number of halogens is 1. The van der Waals surface area contributed by atoms with E-state index in [-0.39, 0.29) is 18.1 Å². The van der Waals surface area contributed by atoms with E-state index in [1.165, 1.54) is 6.07 Å². The van der Waals surface area contributed by atoms with E-state index >= 15 is 0 Å². The fourth-order valence-electron chi connectivity index (χ4n) is 2.64. The molecule has 1 unspecified atom stereocenters. The summed E-state index contributed by atoms with van der Waals surface area (Å²) < 4.78 is 16.0. The molecular formula is C19H18FN3O. The third-order valence-corrected chi connectivity index (χ3v) is 3.85. The van der Waals surface area contributed by atoms with Crippen LogP contribution in [0.4, 0.5) is 4.39 Å². The Morgan fingerprint density at radius 1 is 1.17 bits per heavy atom. The van der Waals surface area contributed by atoms with Crippen LogP contribution < -0.4 is 5.32 Å². The van der Waals surface area contributed by atoms with Gasteiger partial charge < -0.3 is 9.88 Å². The number of carbonyl (C=O) groups excluding carboxylic acids is 1. The molecule has 0 fully saturated rings. The van der Waals surface area contributed by atoms with Gasteiger partial charge in [0.2, 0.25) is 5.91 Å². The minimum Gasteiger partial charge on any atom is -0.342 e. The zero-order valence-electron chi connectivity index (χ0n) is 13.3. The van der Waals surface area contributed by atoms with Crippen molar-refractivity contribution in [2.24, 2.45) is 7.05 Å². The Kier molecular flexibility index (Phi) is 4.70. The lowest BCUT2D eigenvalue weighted by molar-refractivity contribution is -0.121. The van der Waals surface area contributed by atoms with Crippen LogP contribution in [0.1, 0.15) is 23.0 Å². The van der Waals surface area contributed by atoms with Crippen LogP contribution >= 0.6 is 0 Å². The standard InChI is InChI=1S/C19H18FN3O/c1-23-12-11-21-19(23)18(15-9-5-6-10-16(15)20)22-17(24)13-14-7-3-2-4-8-14/h2-12,18H,13H2,1H3,(H,22,24). The van der Waals surface area contributed by atoms with Crippen molar-refractivity contribution in [2.45, 2.75) is 12.5 Å². The average Bonchev–Trinajstić information content (AvgIpc) is 3.00. The Morgan fingerprint density at radius 2 is 1.88 bits per heavy atom. The Morgan fingerprint density at radius 3 is 2.54 bits per heavy atom. The minimum atomic E-state index is -0.637. The highest BCUT2D eigenvalue weighted by Gasteiger charge is 2.23. The Hall–Kier alpha value is -2.95. The smallest absolute Gasteiger partial charge is 0.225 e. The first-order chi connectivity index (χ1) is 11.6. The molecule has 0 radical (unpaired) electrons. The molecule has 3 aromatic rings. The van der Waals surface area contributed by atoms with E-state index in [1.807, 2.05) is 37.4 Å². The van der Waals surface area contributed by atoms with Crippen molar-refractivity contribution >= 4 is 5.91 Å². The molecule has 1 heterocycles. The Balaban J connectivity index is 1.87. The van der Waals surface area contributed by atoms with E-state index in [2.05, 4.69) is 10.3 Å². The van der Waals surface area contributed by atoms with Gasteiger partial charge in [0.25, 0.3) is 0 Å².